The van der Waals surface area contributed by atoms with Crippen LogP contribution in [0.4, 0.5) is 5.82 Å². The van der Waals surface area contributed by atoms with E-state index < -0.39 is 0 Å². The fraction of sp³-hybridized carbons (Fsp3) is 0.783. The maximum absolute atomic E-state index is 11.7. The first-order valence-corrected chi connectivity index (χ1v) is 12.1. The number of hydrogen-bond donors (Lipinski definition) is 3. The standard InChI is InChI=1S/C23H34N6O2/c1-22(6-7-22)31-15-2-3-17-16(12-15)21(28-27-17)18-13-19(25-14-24-18)29-10-8-23(9-11-29)5-4-20(30)26-23/h13-17,21,27-28H,2-12H2,1H3,(H,26,30). The Bertz CT molecular complexity index is 850. The van der Waals surface area contributed by atoms with Gasteiger partial charge < -0.3 is 15.0 Å². The Labute approximate surface area is 183 Å². The summed E-state index contributed by atoms with van der Waals surface area (Å²) in [7, 11) is 0. The molecule has 2 aliphatic carbocycles. The molecule has 31 heavy (non-hydrogen) atoms. The van der Waals surface area contributed by atoms with Crippen molar-refractivity contribution in [2.45, 2.75) is 94.0 Å². The molecule has 5 fully saturated rings. The van der Waals surface area contributed by atoms with Crippen LogP contribution in [0.25, 0.3) is 0 Å². The molecule has 1 aromatic heterocycles. The van der Waals surface area contributed by atoms with Gasteiger partial charge in [-0.05, 0) is 58.3 Å². The molecule has 1 aromatic rings. The van der Waals surface area contributed by atoms with Crippen molar-refractivity contribution < 1.29 is 9.53 Å². The SMILES string of the molecule is CC1(OC2CCC3NNC(c4cc(N5CCC6(CCC(=O)N6)CC5)ncn4)C3C2)CC1. The molecule has 0 bridgehead atoms. The summed E-state index contributed by atoms with van der Waals surface area (Å²) in [4.78, 5) is 23.3. The Balaban J connectivity index is 1.14. The third-order valence-electron chi connectivity index (χ3n) is 8.38. The maximum atomic E-state index is 11.7. The molecular weight excluding hydrogens is 392 g/mol. The van der Waals surface area contributed by atoms with Crippen LogP contribution in [-0.4, -0.2) is 52.3 Å². The summed E-state index contributed by atoms with van der Waals surface area (Å²) in [5.41, 5.74) is 8.27. The van der Waals surface area contributed by atoms with Gasteiger partial charge in [-0.2, -0.15) is 0 Å². The van der Waals surface area contributed by atoms with Crippen LogP contribution in [0.2, 0.25) is 0 Å². The lowest BCUT2D eigenvalue weighted by atomic mass is 9.79. The molecular formula is C23H34N6O2. The van der Waals surface area contributed by atoms with Crippen molar-refractivity contribution in [3.63, 3.8) is 0 Å². The largest absolute Gasteiger partial charge is 0.372 e. The fourth-order valence-corrected chi connectivity index (χ4v) is 6.13. The highest BCUT2D eigenvalue weighted by atomic mass is 16.5. The van der Waals surface area contributed by atoms with Crippen molar-refractivity contribution in [2.24, 2.45) is 5.92 Å². The van der Waals surface area contributed by atoms with Gasteiger partial charge in [-0.15, -0.1) is 0 Å². The minimum Gasteiger partial charge on any atom is -0.372 e. The summed E-state index contributed by atoms with van der Waals surface area (Å²) < 4.78 is 6.43. The zero-order valence-corrected chi connectivity index (χ0v) is 18.4. The molecule has 3 saturated heterocycles. The fourth-order valence-electron chi connectivity index (χ4n) is 6.13. The number of amides is 1. The van der Waals surface area contributed by atoms with Crippen molar-refractivity contribution in [1.29, 1.82) is 0 Å². The number of hydrazine groups is 1. The molecule has 4 unspecified atom stereocenters. The molecule has 5 aliphatic rings. The Morgan fingerprint density at radius 3 is 2.68 bits per heavy atom. The topological polar surface area (TPSA) is 91.4 Å². The van der Waals surface area contributed by atoms with Gasteiger partial charge >= 0.3 is 0 Å². The van der Waals surface area contributed by atoms with Crippen molar-refractivity contribution in [3.8, 4) is 0 Å². The number of rotatable bonds is 4. The summed E-state index contributed by atoms with van der Waals surface area (Å²) in [5.74, 6) is 1.70. The molecule has 4 heterocycles. The number of nitrogens with zero attached hydrogens (tertiary/aromatic N) is 3. The van der Waals surface area contributed by atoms with Crippen LogP contribution in [0.1, 0.15) is 76.4 Å². The number of fused-ring (bicyclic) bond motifs is 1. The molecule has 2 saturated carbocycles. The monoisotopic (exact) mass is 426 g/mol. The van der Waals surface area contributed by atoms with Crippen LogP contribution in [-0.2, 0) is 9.53 Å². The minimum atomic E-state index is 0.0168. The molecule has 8 heteroatoms. The second kappa shape index (κ2) is 7.39. The molecule has 6 rings (SSSR count). The van der Waals surface area contributed by atoms with Gasteiger partial charge in [-0.25, -0.2) is 15.4 Å². The average Bonchev–Trinajstić information content (AvgIpc) is 3.18. The van der Waals surface area contributed by atoms with E-state index in [0.717, 1.165) is 63.1 Å². The van der Waals surface area contributed by atoms with Crippen LogP contribution in [0, 0.1) is 5.92 Å². The number of piperidine rings is 1. The van der Waals surface area contributed by atoms with Gasteiger partial charge in [-0.1, -0.05) is 0 Å². The van der Waals surface area contributed by atoms with E-state index in [4.69, 9.17) is 4.74 Å². The summed E-state index contributed by atoms with van der Waals surface area (Å²) in [6.07, 6.45) is 11.5. The predicted molar refractivity (Wildman–Crippen MR) is 116 cm³/mol. The Hall–Kier alpha value is -1.77. The predicted octanol–water partition coefficient (Wildman–Crippen LogP) is 1.98. The quantitative estimate of drug-likeness (QED) is 0.678. The third kappa shape index (κ3) is 3.83. The number of carbonyl (C=O) groups is 1. The number of anilines is 1. The zero-order chi connectivity index (χ0) is 21.1. The summed E-state index contributed by atoms with van der Waals surface area (Å²) in [5, 5.41) is 3.22. The Kier molecular flexibility index (Phi) is 4.74. The smallest absolute Gasteiger partial charge is 0.220 e. The van der Waals surface area contributed by atoms with Crippen LogP contribution < -0.4 is 21.1 Å². The van der Waals surface area contributed by atoms with Gasteiger partial charge in [0, 0.05) is 43.1 Å². The molecule has 0 aromatic carbocycles. The number of hydrogen-bond acceptors (Lipinski definition) is 7. The van der Waals surface area contributed by atoms with E-state index in [-0.39, 0.29) is 23.1 Å². The minimum absolute atomic E-state index is 0.0168. The van der Waals surface area contributed by atoms with Gasteiger partial charge in [0.1, 0.15) is 12.1 Å². The first kappa shape index (κ1) is 19.9. The lowest BCUT2D eigenvalue weighted by molar-refractivity contribution is -0.119. The lowest BCUT2D eigenvalue weighted by Gasteiger charge is -2.39. The number of aromatic nitrogens is 2. The van der Waals surface area contributed by atoms with Crippen LogP contribution in [0.15, 0.2) is 12.4 Å². The molecule has 168 valence electrons. The van der Waals surface area contributed by atoms with E-state index in [0.29, 0.717) is 24.5 Å². The molecule has 1 spiro atoms. The first-order valence-electron chi connectivity index (χ1n) is 12.1. The summed E-state index contributed by atoms with van der Waals surface area (Å²) in [6, 6.07) is 2.84. The number of ether oxygens (including phenoxy) is 1. The van der Waals surface area contributed by atoms with Gasteiger partial charge in [-0.3, -0.25) is 10.2 Å². The maximum Gasteiger partial charge on any atom is 0.220 e. The van der Waals surface area contributed by atoms with E-state index >= 15 is 0 Å². The van der Waals surface area contributed by atoms with Crippen LogP contribution >= 0.6 is 0 Å². The summed E-state index contributed by atoms with van der Waals surface area (Å²) in [6.45, 7) is 4.10. The first-order chi connectivity index (χ1) is 15.0. The van der Waals surface area contributed by atoms with Gasteiger partial charge in [0.25, 0.3) is 0 Å². The van der Waals surface area contributed by atoms with E-state index in [1.54, 1.807) is 6.33 Å². The van der Waals surface area contributed by atoms with Crippen LogP contribution in [0.5, 0.6) is 0 Å². The molecule has 1 amide bonds. The van der Waals surface area contributed by atoms with Gasteiger partial charge in [0.05, 0.1) is 23.4 Å². The highest BCUT2D eigenvalue weighted by Crippen LogP contribution is 2.45. The Morgan fingerprint density at radius 1 is 1.10 bits per heavy atom. The normalized spacial score (nSPS) is 35.8. The second-order valence-electron chi connectivity index (χ2n) is 10.7. The summed E-state index contributed by atoms with van der Waals surface area (Å²) >= 11 is 0. The molecule has 3 N–H and O–H groups in total. The van der Waals surface area contributed by atoms with E-state index in [1.807, 2.05) is 0 Å². The molecule has 3 aliphatic heterocycles. The number of carbonyl (C=O) groups excluding carboxylic acids is 1. The van der Waals surface area contributed by atoms with E-state index in [2.05, 4.69) is 44.0 Å². The molecule has 4 atom stereocenters. The van der Waals surface area contributed by atoms with Crippen LogP contribution in [0.3, 0.4) is 0 Å². The Morgan fingerprint density at radius 2 is 1.94 bits per heavy atom. The van der Waals surface area contributed by atoms with Crippen molar-refractivity contribution in [3.05, 3.63) is 18.1 Å². The zero-order valence-electron chi connectivity index (χ0n) is 18.4. The highest BCUT2D eigenvalue weighted by molar-refractivity contribution is 5.79. The van der Waals surface area contributed by atoms with Crippen molar-refractivity contribution >= 4 is 11.7 Å². The average molecular weight is 427 g/mol. The highest BCUT2D eigenvalue weighted by Gasteiger charge is 2.46. The number of nitrogens with one attached hydrogen (secondary N) is 3. The molecule has 8 nitrogen and oxygen atoms in total. The third-order valence-corrected chi connectivity index (χ3v) is 8.38. The lowest BCUT2D eigenvalue weighted by Crippen LogP contribution is -2.51. The van der Waals surface area contributed by atoms with Crippen molar-refractivity contribution in [2.75, 3.05) is 18.0 Å². The van der Waals surface area contributed by atoms with Crippen molar-refractivity contribution in [1.82, 2.24) is 26.1 Å². The van der Waals surface area contributed by atoms with E-state index in [9.17, 15) is 4.79 Å². The molecule has 0 radical (unpaired) electrons. The second-order valence-corrected chi connectivity index (χ2v) is 10.7. The van der Waals surface area contributed by atoms with Gasteiger partial charge in [0.15, 0.2) is 0 Å². The van der Waals surface area contributed by atoms with Gasteiger partial charge in [0.2, 0.25) is 5.91 Å². The van der Waals surface area contributed by atoms with E-state index in [1.165, 1.54) is 12.8 Å².